The Labute approximate surface area is 106 Å². The Morgan fingerprint density at radius 2 is 2.18 bits per heavy atom. The number of nitrogens with two attached hydrogens (primary N) is 1. The van der Waals surface area contributed by atoms with Gasteiger partial charge in [-0.25, -0.2) is 0 Å². The number of anilines is 1. The Morgan fingerprint density at radius 1 is 1.35 bits per heavy atom. The minimum atomic E-state index is 0.250. The molecule has 0 amide bonds. The molecule has 1 aromatic carbocycles. The zero-order valence-electron chi connectivity index (χ0n) is 9.11. The number of nitrogens with zero attached hydrogens (tertiary/aromatic N) is 2. The van der Waals surface area contributed by atoms with Gasteiger partial charge in [0.2, 0.25) is 6.79 Å². The molecule has 1 aliphatic rings. The molecule has 6 heteroatoms. The van der Waals surface area contributed by atoms with Crippen molar-refractivity contribution in [1.82, 2.24) is 9.78 Å². The van der Waals surface area contributed by atoms with Crippen LogP contribution in [0.1, 0.15) is 0 Å². The molecule has 17 heavy (non-hydrogen) atoms. The average Bonchev–Trinajstić information content (AvgIpc) is 2.90. The third-order valence-corrected chi connectivity index (χ3v) is 3.54. The van der Waals surface area contributed by atoms with Crippen molar-refractivity contribution in [3.05, 3.63) is 22.8 Å². The number of aromatic nitrogens is 2. The van der Waals surface area contributed by atoms with Crippen LogP contribution in [-0.4, -0.2) is 16.6 Å². The molecule has 2 aromatic rings. The molecule has 0 aliphatic carbocycles. The Morgan fingerprint density at radius 3 is 2.88 bits per heavy atom. The van der Waals surface area contributed by atoms with Crippen LogP contribution in [-0.2, 0) is 7.05 Å². The van der Waals surface area contributed by atoms with E-state index in [-0.39, 0.29) is 6.79 Å². The highest BCUT2D eigenvalue weighted by molar-refractivity contribution is 9.10. The fraction of sp³-hybridized carbons (Fsp3) is 0.182. The van der Waals surface area contributed by atoms with Crippen molar-refractivity contribution in [3.63, 3.8) is 0 Å². The summed E-state index contributed by atoms with van der Waals surface area (Å²) in [7, 11) is 1.81. The van der Waals surface area contributed by atoms with Gasteiger partial charge >= 0.3 is 0 Å². The molecule has 0 unspecified atom stereocenters. The maximum atomic E-state index is 5.96. The van der Waals surface area contributed by atoms with Crippen LogP contribution >= 0.6 is 15.9 Å². The van der Waals surface area contributed by atoms with Crippen LogP contribution < -0.4 is 15.2 Å². The Bertz CT molecular complexity index is 595. The first-order chi connectivity index (χ1) is 8.18. The minimum Gasteiger partial charge on any atom is -0.454 e. The molecular weight excluding hydrogens is 286 g/mol. The van der Waals surface area contributed by atoms with E-state index in [0.717, 1.165) is 21.3 Å². The fourth-order valence-electron chi connectivity index (χ4n) is 1.80. The molecule has 5 nitrogen and oxygen atoms in total. The van der Waals surface area contributed by atoms with Gasteiger partial charge in [0.15, 0.2) is 11.5 Å². The van der Waals surface area contributed by atoms with Crippen LogP contribution in [0, 0.1) is 0 Å². The molecule has 2 heterocycles. The van der Waals surface area contributed by atoms with Gasteiger partial charge in [0.1, 0.15) is 5.82 Å². The molecule has 0 saturated heterocycles. The second kappa shape index (κ2) is 3.66. The summed E-state index contributed by atoms with van der Waals surface area (Å²) >= 11 is 3.51. The first kappa shape index (κ1) is 10.5. The normalized spacial score (nSPS) is 13.1. The number of rotatable bonds is 1. The van der Waals surface area contributed by atoms with Crippen LogP contribution in [0.2, 0.25) is 0 Å². The van der Waals surface area contributed by atoms with E-state index in [9.17, 15) is 0 Å². The van der Waals surface area contributed by atoms with Crippen LogP contribution in [0.25, 0.3) is 11.1 Å². The second-order valence-electron chi connectivity index (χ2n) is 3.73. The molecule has 1 aliphatic heterocycles. The van der Waals surface area contributed by atoms with E-state index >= 15 is 0 Å². The third-order valence-electron chi connectivity index (χ3n) is 2.75. The van der Waals surface area contributed by atoms with Crippen molar-refractivity contribution in [3.8, 4) is 22.6 Å². The quantitative estimate of drug-likeness (QED) is 0.876. The molecule has 0 bridgehead atoms. The minimum absolute atomic E-state index is 0.250. The molecule has 0 fully saturated rings. The predicted octanol–water partition coefficient (Wildman–Crippen LogP) is 2.16. The molecule has 1 aromatic heterocycles. The molecule has 0 saturated carbocycles. The van der Waals surface area contributed by atoms with E-state index in [1.54, 1.807) is 17.9 Å². The van der Waals surface area contributed by atoms with E-state index in [1.165, 1.54) is 0 Å². The number of fused-ring (bicyclic) bond motifs is 1. The molecule has 0 spiro atoms. The Kier molecular flexibility index (Phi) is 2.25. The standard InChI is InChI=1S/C11H10BrN3O2/c1-15-11(13)7(4-14-15)6-2-3-8-10(9(6)12)17-5-16-8/h2-4H,5,13H2,1H3. The van der Waals surface area contributed by atoms with Gasteiger partial charge in [-0.3, -0.25) is 4.68 Å². The Hall–Kier alpha value is -1.69. The summed E-state index contributed by atoms with van der Waals surface area (Å²) in [5, 5.41) is 4.13. The lowest BCUT2D eigenvalue weighted by molar-refractivity contribution is 0.173. The summed E-state index contributed by atoms with van der Waals surface area (Å²) in [6.45, 7) is 0.250. The SMILES string of the molecule is Cn1ncc(-c2ccc3c(c2Br)OCO3)c1N. The van der Waals surface area contributed by atoms with Crippen LogP contribution in [0.15, 0.2) is 22.8 Å². The van der Waals surface area contributed by atoms with Gasteiger partial charge in [0, 0.05) is 18.2 Å². The smallest absolute Gasteiger partial charge is 0.231 e. The lowest BCUT2D eigenvalue weighted by atomic mass is 10.1. The van der Waals surface area contributed by atoms with Gasteiger partial charge in [0.05, 0.1) is 10.7 Å². The van der Waals surface area contributed by atoms with E-state index in [1.807, 2.05) is 12.1 Å². The van der Waals surface area contributed by atoms with Gasteiger partial charge < -0.3 is 15.2 Å². The van der Waals surface area contributed by atoms with Crippen molar-refractivity contribution < 1.29 is 9.47 Å². The highest BCUT2D eigenvalue weighted by atomic mass is 79.9. The maximum Gasteiger partial charge on any atom is 0.231 e. The second-order valence-corrected chi connectivity index (χ2v) is 4.52. The molecule has 0 radical (unpaired) electrons. The number of benzene rings is 1. The van der Waals surface area contributed by atoms with Crippen LogP contribution in [0.3, 0.4) is 0 Å². The van der Waals surface area contributed by atoms with Crippen LogP contribution in [0.4, 0.5) is 5.82 Å². The first-order valence-corrected chi connectivity index (χ1v) is 5.83. The summed E-state index contributed by atoms with van der Waals surface area (Å²) in [5.41, 5.74) is 7.77. The summed E-state index contributed by atoms with van der Waals surface area (Å²) in [6.07, 6.45) is 1.73. The zero-order valence-corrected chi connectivity index (χ0v) is 10.7. The van der Waals surface area contributed by atoms with Gasteiger partial charge in [-0.05, 0) is 28.1 Å². The number of nitrogen functional groups attached to an aromatic ring is 1. The number of halogens is 1. The van der Waals surface area contributed by atoms with Gasteiger partial charge in [-0.1, -0.05) is 0 Å². The van der Waals surface area contributed by atoms with Gasteiger partial charge in [-0.15, -0.1) is 0 Å². The van der Waals surface area contributed by atoms with Crippen molar-refractivity contribution >= 4 is 21.7 Å². The predicted molar refractivity (Wildman–Crippen MR) is 66.9 cm³/mol. The van der Waals surface area contributed by atoms with Crippen molar-refractivity contribution in [2.45, 2.75) is 0 Å². The highest BCUT2D eigenvalue weighted by Crippen LogP contribution is 2.45. The monoisotopic (exact) mass is 295 g/mol. The summed E-state index contributed by atoms with van der Waals surface area (Å²) in [5.74, 6) is 2.07. The number of hydrogen-bond donors (Lipinski definition) is 1. The van der Waals surface area contributed by atoms with E-state index in [2.05, 4.69) is 21.0 Å². The third kappa shape index (κ3) is 1.48. The molecular formula is C11H10BrN3O2. The Balaban J connectivity index is 2.19. The number of hydrogen-bond acceptors (Lipinski definition) is 4. The van der Waals surface area contributed by atoms with Gasteiger partial charge in [-0.2, -0.15) is 5.10 Å². The molecule has 3 rings (SSSR count). The highest BCUT2D eigenvalue weighted by Gasteiger charge is 2.21. The number of ether oxygens (including phenoxy) is 2. The van der Waals surface area contributed by atoms with Crippen molar-refractivity contribution in [2.75, 3.05) is 12.5 Å². The van der Waals surface area contributed by atoms with E-state index in [4.69, 9.17) is 15.2 Å². The molecule has 2 N–H and O–H groups in total. The number of aryl methyl sites for hydroxylation is 1. The maximum absolute atomic E-state index is 5.96. The van der Waals surface area contributed by atoms with E-state index < -0.39 is 0 Å². The largest absolute Gasteiger partial charge is 0.454 e. The summed E-state index contributed by atoms with van der Waals surface area (Å²) in [4.78, 5) is 0. The van der Waals surface area contributed by atoms with E-state index in [0.29, 0.717) is 11.6 Å². The molecule has 0 atom stereocenters. The average molecular weight is 296 g/mol. The lowest BCUT2D eigenvalue weighted by Gasteiger charge is -2.06. The first-order valence-electron chi connectivity index (χ1n) is 5.04. The van der Waals surface area contributed by atoms with Crippen LogP contribution in [0.5, 0.6) is 11.5 Å². The molecule has 88 valence electrons. The summed E-state index contributed by atoms with van der Waals surface area (Å²) < 4.78 is 13.2. The van der Waals surface area contributed by atoms with Gasteiger partial charge in [0.25, 0.3) is 0 Å². The lowest BCUT2D eigenvalue weighted by Crippen LogP contribution is -1.98. The fourth-order valence-corrected chi connectivity index (χ4v) is 2.46. The zero-order chi connectivity index (χ0) is 12.0. The summed E-state index contributed by atoms with van der Waals surface area (Å²) in [6, 6.07) is 3.81. The van der Waals surface area contributed by atoms with Crippen molar-refractivity contribution in [1.29, 1.82) is 0 Å². The van der Waals surface area contributed by atoms with Crippen molar-refractivity contribution in [2.24, 2.45) is 7.05 Å². The topological polar surface area (TPSA) is 62.3 Å².